The smallest absolute Gasteiger partial charge is 0.0416 e. The van der Waals surface area contributed by atoms with Crippen LogP contribution in [0.1, 0.15) is 26.0 Å². The van der Waals surface area contributed by atoms with Gasteiger partial charge in [-0.15, -0.1) is 0 Å². The highest BCUT2D eigenvalue weighted by atomic mass is 15.1. The van der Waals surface area contributed by atoms with Crippen LogP contribution in [0.5, 0.6) is 0 Å². The molecule has 3 heteroatoms. The Morgan fingerprint density at radius 2 is 2.32 bits per heavy atom. The molecule has 1 N–H and O–H groups in total. The molecule has 1 aromatic rings. The first kappa shape index (κ1) is 14.5. The standard InChI is InChI=1S/C16H27N3/c1-14(2)11-17-12-15-6-9-19(13-15)10-7-16-5-3-4-8-18-16/h3-5,8,14-15,17H,6-7,9-13H2,1-2H3. The zero-order chi connectivity index (χ0) is 13.5. The highest BCUT2D eigenvalue weighted by Gasteiger charge is 2.21. The fourth-order valence-electron chi connectivity index (χ4n) is 2.68. The number of hydrogen-bond donors (Lipinski definition) is 1. The average Bonchev–Trinajstić information content (AvgIpc) is 2.85. The lowest BCUT2D eigenvalue weighted by Gasteiger charge is -2.16. The van der Waals surface area contributed by atoms with E-state index in [0.29, 0.717) is 0 Å². The molecule has 3 nitrogen and oxygen atoms in total. The second-order valence-electron chi connectivity index (χ2n) is 6.08. The largest absolute Gasteiger partial charge is 0.316 e. The Bertz CT molecular complexity index is 350. The third-order valence-corrected chi connectivity index (χ3v) is 3.77. The molecular formula is C16H27N3. The summed E-state index contributed by atoms with van der Waals surface area (Å²) in [5.41, 5.74) is 1.21. The average molecular weight is 261 g/mol. The van der Waals surface area contributed by atoms with E-state index in [2.05, 4.69) is 41.2 Å². The minimum absolute atomic E-state index is 0.752. The summed E-state index contributed by atoms with van der Waals surface area (Å²) >= 11 is 0. The van der Waals surface area contributed by atoms with Crippen LogP contribution in [0.25, 0.3) is 0 Å². The summed E-state index contributed by atoms with van der Waals surface area (Å²) in [5, 5.41) is 3.58. The van der Waals surface area contributed by atoms with Crippen LogP contribution in [-0.4, -0.2) is 42.6 Å². The fraction of sp³-hybridized carbons (Fsp3) is 0.688. The Hall–Kier alpha value is -0.930. The predicted octanol–water partition coefficient (Wildman–Crippen LogP) is 2.19. The van der Waals surface area contributed by atoms with Gasteiger partial charge >= 0.3 is 0 Å². The van der Waals surface area contributed by atoms with Crippen molar-refractivity contribution in [1.29, 1.82) is 0 Å². The summed E-state index contributed by atoms with van der Waals surface area (Å²) in [5.74, 6) is 1.59. The van der Waals surface area contributed by atoms with E-state index in [1.54, 1.807) is 0 Å². The lowest BCUT2D eigenvalue weighted by Crippen LogP contribution is -2.29. The molecule has 0 amide bonds. The maximum absolute atomic E-state index is 4.39. The van der Waals surface area contributed by atoms with Crippen molar-refractivity contribution in [1.82, 2.24) is 15.2 Å². The molecule has 0 bridgehead atoms. The molecule has 1 aromatic heterocycles. The zero-order valence-electron chi connectivity index (χ0n) is 12.3. The maximum Gasteiger partial charge on any atom is 0.0416 e. The van der Waals surface area contributed by atoms with Gasteiger partial charge in [-0.3, -0.25) is 4.98 Å². The number of aromatic nitrogens is 1. The molecule has 2 rings (SSSR count). The van der Waals surface area contributed by atoms with E-state index in [0.717, 1.165) is 31.3 Å². The van der Waals surface area contributed by atoms with Crippen molar-refractivity contribution in [2.24, 2.45) is 11.8 Å². The van der Waals surface area contributed by atoms with Gasteiger partial charge in [0.25, 0.3) is 0 Å². The number of pyridine rings is 1. The van der Waals surface area contributed by atoms with E-state index in [4.69, 9.17) is 0 Å². The van der Waals surface area contributed by atoms with Gasteiger partial charge in [-0.25, -0.2) is 0 Å². The molecule has 0 saturated carbocycles. The van der Waals surface area contributed by atoms with Crippen molar-refractivity contribution >= 4 is 0 Å². The van der Waals surface area contributed by atoms with Crippen LogP contribution in [0.2, 0.25) is 0 Å². The predicted molar refractivity (Wildman–Crippen MR) is 80.2 cm³/mol. The molecule has 0 aliphatic carbocycles. The van der Waals surface area contributed by atoms with Crippen LogP contribution in [0.3, 0.4) is 0 Å². The third-order valence-electron chi connectivity index (χ3n) is 3.77. The van der Waals surface area contributed by atoms with E-state index in [9.17, 15) is 0 Å². The van der Waals surface area contributed by atoms with Gasteiger partial charge < -0.3 is 10.2 Å². The van der Waals surface area contributed by atoms with E-state index >= 15 is 0 Å². The fourth-order valence-corrected chi connectivity index (χ4v) is 2.68. The highest BCUT2D eigenvalue weighted by Crippen LogP contribution is 2.15. The Morgan fingerprint density at radius 1 is 1.42 bits per heavy atom. The monoisotopic (exact) mass is 261 g/mol. The van der Waals surface area contributed by atoms with Gasteiger partial charge in [-0.05, 0) is 50.0 Å². The lowest BCUT2D eigenvalue weighted by atomic mass is 10.1. The summed E-state index contributed by atoms with van der Waals surface area (Å²) in [6.07, 6.45) is 4.30. The summed E-state index contributed by atoms with van der Waals surface area (Å²) in [6.45, 7) is 10.5. The van der Waals surface area contributed by atoms with Gasteiger partial charge in [-0.2, -0.15) is 0 Å². The first-order chi connectivity index (χ1) is 9.24. The molecule has 19 heavy (non-hydrogen) atoms. The van der Waals surface area contributed by atoms with Crippen molar-refractivity contribution in [3.8, 4) is 0 Å². The second-order valence-corrected chi connectivity index (χ2v) is 6.08. The van der Waals surface area contributed by atoms with Crippen LogP contribution in [0, 0.1) is 11.8 Å². The highest BCUT2D eigenvalue weighted by molar-refractivity contribution is 5.03. The molecule has 106 valence electrons. The maximum atomic E-state index is 4.39. The zero-order valence-corrected chi connectivity index (χ0v) is 12.3. The number of likely N-dealkylation sites (tertiary alicyclic amines) is 1. The summed E-state index contributed by atoms with van der Waals surface area (Å²) in [4.78, 5) is 6.97. The van der Waals surface area contributed by atoms with Gasteiger partial charge in [0, 0.05) is 31.4 Å². The van der Waals surface area contributed by atoms with Gasteiger partial charge in [0.1, 0.15) is 0 Å². The molecule has 1 aliphatic rings. The number of nitrogens with one attached hydrogen (secondary N) is 1. The molecule has 0 aromatic carbocycles. The van der Waals surface area contributed by atoms with Crippen LogP contribution >= 0.6 is 0 Å². The van der Waals surface area contributed by atoms with Crippen LogP contribution in [-0.2, 0) is 6.42 Å². The van der Waals surface area contributed by atoms with Crippen molar-refractivity contribution in [2.45, 2.75) is 26.7 Å². The normalized spacial score (nSPS) is 20.3. The van der Waals surface area contributed by atoms with E-state index in [1.807, 2.05) is 12.3 Å². The molecule has 1 unspecified atom stereocenters. The van der Waals surface area contributed by atoms with E-state index in [1.165, 1.54) is 31.7 Å². The van der Waals surface area contributed by atoms with Crippen LogP contribution in [0.15, 0.2) is 24.4 Å². The van der Waals surface area contributed by atoms with Crippen LogP contribution in [0.4, 0.5) is 0 Å². The molecule has 1 fully saturated rings. The van der Waals surface area contributed by atoms with Gasteiger partial charge in [-0.1, -0.05) is 19.9 Å². The molecule has 2 heterocycles. The Balaban J connectivity index is 1.62. The van der Waals surface area contributed by atoms with E-state index < -0.39 is 0 Å². The number of hydrogen-bond acceptors (Lipinski definition) is 3. The Labute approximate surface area is 117 Å². The summed E-state index contributed by atoms with van der Waals surface area (Å²) < 4.78 is 0. The summed E-state index contributed by atoms with van der Waals surface area (Å²) in [7, 11) is 0. The second kappa shape index (κ2) is 7.61. The Kier molecular flexibility index (Phi) is 5.80. The molecule has 0 spiro atoms. The van der Waals surface area contributed by atoms with Gasteiger partial charge in [0.2, 0.25) is 0 Å². The molecular weight excluding hydrogens is 234 g/mol. The SMILES string of the molecule is CC(C)CNCC1CCN(CCc2ccccn2)C1. The molecule has 1 aliphatic heterocycles. The van der Waals surface area contributed by atoms with Crippen LogP contribution < -0.4 is 5.32 Å². The van der Waals surface area contributed by atoms with Crippen molar-refractivity contribution in [3.05, 3.63) is 30.1 Å². The van der Waals surface area contributed by atoms with Crippen molar-refractivity contribution in [2.75, 3.05) is 32.7 Å². The van der Waals surface area contributed by atoms with Gasteiger partial charge in [0.15, 0.2) is 0 Å². The summed E-state index contributed by atoms with van der Waals surface area (Å²) in [6, 6.07) is 6.18. The first-order valence-electron chi connectivity index (χ1n) is 7.57. The van der Waals surface area contributed by atoms with E-state index in [-0.39, 0.29) is 0 Å². The minimum atomic E-state index is 0.752. The molecule has 1 saturated heterocycles. The topological polar surface area (TPSA) is 28.2 Å². The molecule has 0 radical (unpaired) electrons. The Morgan fingerprint density at radius 3 is 3.05 bits per heavy atom. The lowest BCUT2D eigenvalue weighted by molar-refractivity contribution is 0.323. The van der Waals surface area contributed by atoms with Crippen molar-refractivity contribution in [3.63, 3.8) is 0 Å². The van der Waals surface area contributed by atoms with Gasteiger partial charge in [0.05, 0.1) is 0 Å². The van der Waals surface area contributed by atoms with Crippen molar-refractivity contribution < 1.29 is 0 Å². The minimum Gasteiger partial charge on any atom is -0.316 e. The quantitative estimate of drug-likeness (QED) is 0.815. The first-order valence-corrected chi connectivity index (χ1v) is 7.57. The molecule has 1 atom stereocenters. The number of rotatable bonds is 7. The third kappa shape index (κ3) is 5.29. The number of nitrogens with zero attached hydrogens (tertiary/aromatic N) is 2.